The summed E-state index contributed by atoms with van der Waals surface area (Å²) < 4.78 is 1.85. The largest absolute Gasteiger partial charge is 0.489 e. The number of aryl methyl sites for hydroxylation is 1. The summed E-state index contributed by atoms with van der Waals surface area (Å²) >= 11 is 2.24. The summed E-state index contributed by atoms with van der Waals surface area (Å²) in [6, 6.07) is 3.83. The minimum Gasteiger partial charge on any atom is -0.423 e. The van der Waals surface area contributed by atoms with Gasteiger partial charge in [0, 0.05) is 5.39 Å². The summed E-state index contributed by atoms with van der Waals surface area (Å²) in [5.41, 5.74) is 2.36. The van der Waals surface area contributed by atoms with Gasteiger partial charge in [-0.05, 0) is 40.5 Å². The zero-order valence-electron chi connectivity index (χ0n) is 7.98. The van der Waals surface area contributed by atoms with Crippen molar-refractivity contribution in [2.75, 3.05) is 0 Å². The number of hydrogen-bond donors (Lipinski definition) is 2. The SMILES string of the molecule is Cc1ccc2c(cnn2PI)c1B(O)O. The van der Waals surface area contributed by atoms with Gasteiger partial charge in [-0.1, -0.05) is 11.6 Å². The van der Waals surface area contributed by atoms with Gasteiger partial charge in [-0.25, -0.2) is 4.45 Å². The molecule has 1 unspecified atom stereocenters. The van der Waals surface area contributed by atoms with Crippen molar-refractivity contribution in [2.24, 2.45) is 0 Å². The molecule has 15 heavy (non-hydrogen) atoms. The summed E-state index contributed by atoms with van der Waals surface area (Å²) in [5.74, 6) is 0. The van der Waals surface area contributed by atoms with E-state index < -0.39 is 7.12 Å². The van der Waals surface area contributed by atoms with Gasteiger partial charge in [-0.3, -0.25) is 0 Å². The summed E-state index contributed by atoms with van der Waals surface area (Å²) in [6.07, 6.45) is 2.19. The minimum absolute atomic E-state index is 0.507. The quantitative estimate of drug-likeness (QED) is 0.486. The molecule has 7 heteroatoms. The zero-order valence-corrected chi connectivity index (χ0v) is 11.1. The molecule has 1 aromatic carbocycles. The Balaban J connectivity index is 2.77. The van der Waals surface area contributed by atoms with E-state index in [1.54, 1.807) is 6.20 Å². The monoisotopic (exact) mass is 334 g/mol. The highest BCUT2D eigenvalue weighted by Crippen LogP contribution is 2.27. The highest BCUT2D eigenvalue weighted by Gasteiger charge is 2.19. The highest BCUT2D eigenvalue weighted by molar-refractivity contribution is 14.2. The maximum absolute atomic E-state index is 9.30. The molecule has 0 bridgehead atoms. The molecule has 0 aliphatic rings. The first kappa shape index (κ1) is 11.3. The molecule has 0 saturated heterocycles. The van der Waals surface area contributed by atoms with E-state index in [4.69, 9.17) is 0 Å². The molecule has 4 nitrogen and oxygen atoms in total. The molecule has 0 amide bonds. The number of fused-ring (bicyclic) bond motifs is 1. The van der Waals surface area contributed by atoms with Gasteiger partial charge >= 0.3 is 7.12 Å². The molecule has 0 radical (unpaired) electrons. The Morgan fingerprint density at radius 2 is 2.20 bits per heavy atom. The van der Waals surface area contributed by atoms with Crippen LogP contribution in [-0.2, 0) is 0 Å². The number of nitrogens with zero attached hydrogens (tertiary/aromatic N) is 2. The van der Waals surface area contributed by atoms with Crippen molar-refractivity contribution < 1.29 is 10.0 Å². The lowest BCUT2D eigenvalue weighted by molar-refractivity contribution is 0.426. The van der Waals surface area contributed by atoms with Crippen LogP contribution in [-0.4, -0.2) is 26.7 Å². The number of halogens is 1. The molecular weight excluding hydrogens is 325 g/mol. The first-order chi connectivity index (χ1) is 7.15. The second-order valence-corrected chi connectivity index (χ2v) is 5.28. The van der Waals surface area contributed by atoms with E-state index in [0.717, 1.165) is 16.5 Å². The van der Waals surface area contributed by atoms with Gasteiger partial charge in [0.25, 0.3) is 0 Å². The van der Waals surface area contributed by atoms with Crippen molar-refractivity contribution in [3.8, 4) is 0 Å². The Bertz CT molecular complexity index is 503. The average molecular weight is 334 g/mol. The van der Waals surface area contributed by atoms with E-state index in [0.29, 0.717) is 11.8 Å². The molecule has 0 saturated carbocycles. The van der Waals surface area contributed by atoms with Crippen LogP contribution in [0.25, 0.3) is 10.9 Å². The third-order valence-corrected chi connectivity index (χ3v) is 4.24. The van der Waals surface area contributed by atoms with Gasteiger partial charge in [0.15, 0.2) is 0 Å². The van der Waals surface area contributed by atoms with E-state index in [1.807, 2.05) is 23.5 Å². The van der Waals surface area contributed by atoms with E-state index in [1.165, 1.54) is 0 Å². The molecule has 78 valence electrons. The lowest BCUT2D eigenvalue weighted by atomic mass is 9.75. The van der Waals surface area contributed by atoms with E-state index in [2.05, 4.69) is 27.1 Å². The molecular formula is C8H9BIN2O2P. The van der Waals surface area contributed by atoms with Crippen LogP contribution in [0.5, 0.6) is 0 Å². The van der Waals surface area contributed by atoms with Crippen LogP contribution in [0.3, 0.4) is 0 Å². The van der Waals surface area contributed by atoms with Crippen molar-refractivity contribution in [2.45, 2.75) is 6.92 Å². The molecule has 0 fully saturated rings. The van der Waals surface area contributed by atoms with Crippen molar-refractivity contribution in [3.63, 3.8) is 0 Å². The minimum atomic E-state index is -1.44. The Morgan fingerprint density at radius 3 is 2.80 bits per heavy atom. The fourth-order valence-electron chi connectivity index (χ4n) is 1.64. The maximum Gasteiger partial charge on any atom is 0.489 e. The number of rotatable bonds is 2. The summed E-state index contributed by atoms with van der Waals surface area (Å²) in [6.45, 7) is 1.86. The zero-order chi connectivity index (χ0) is 11.0. The van der Waals surface area contributed by atoms with Gasteiger partial charge in [-0.15, -0.1) is 0 Å². The first-order valence-corrected chi connectivity index (χ1v) is 8.41. The molecule has 1 heterocycles. The molecule has 1 aromatic heterocycles. The summed E-state index contributed by atoms with van der Waals surface area (Å²) in [5, 5.41) is 23.6. The van der Waals surface area contributed by atoms with Crippen LogP contribution >= 0.6 is 28.4 Å². The van der Waals surface area contributed by atoms with Gasteiger partial charge in [0.1, 0.15) is 0 Å². The lowest BCUT2D eigenvalue weighted by Gasteiger charge is -2.06. The van der Waals surface area contributed by atoms with Gasteiger partial charge in [0.2, 0.25) is 0 Å². The fraction of sp³-hybridized carbons (Fsp3) is 0.125. The van der Waals surface area contributed by atoms with E-state index in [9.17, 15) is 10.0 Å². The topological polar surface area (TPSA) is 58.3 Å². The van der Waals surface area contributed by atoms with Crippen LogP contribution in [0.1, 0.15) is 5.56 Å². The lowest BCUT2D eigenvalue weighted by Crippen LogP contribution is -2.32. The van der Waals surface area contributed by atoms with Crippen LogP contribution < -0.4 is 5.46 Å². The van der Waals surface area contributed by atoms with Crippen LogP contribution in [0, 0.1) is 6.92 Å². The number of hydrogen-bond acceptors (Lipinski definition) is 3. The smallest absolute Gasteiger partial charge is 0.423 e. The van der Waals surface area contributed by atoms with Crippen molar-refractivity contribution >= 4 is 51.9 Å². The second-order valence-electron chi connectivity index (χ2n) is 3.24. The highest BCUT2D eigenvalue weighted by atomic mass is 127. The third kappa shape index (κ3) is 1.91. The Labute approximate surface area is 102 Å². The molecule has 1 atom stereocenters. The fourth-order valence-corrected chi connectivity index (χ4v) is 3.18. The van der Waals surface area contributed by atoms with Crippen molar-refractivity contribution in [1.29, 1.82) is 0 Å². The molecule has 0 spiro atoms. The standard InChI is InChI=1S/C8H9BIN2O2P/c1-5-2-3-7-6(8(5)9(13)14)4-11-12(7)15-10/h2-4,13-15H,1H3. The Hall–Kier alpha value is -0.165. The number of benzene rings is 1. The van der Waals surface area contributed by atoms with E-state index >= 15 is 0 Å². The predicted octanol–water partition coefficient (Wildman–Crippen LogP) is 0.816. The van der Waals surface area contributed by atoms with Gasteiger partial charge in [0.05, 0.1) is 18.1 Å². The average Bonchev–Trinajstić information content (AvgIpc) is 2.59. The normalized spacial score (nSPS) is 11.7. The molecule has 2 rings (SSSR count). The van der Waals surface area contributed by atoms with Gasteiger partial charge in [-0.2, -0.15) is 5.10 Å². The van der Waals surface area contributed by atoms with Crippen LogP contribution in [0.4, 0.5) is 0 Å². The predicted molar refractivity (Wildman–Crippen MR) is 72.0 cm³/mol. The van der Waals surface area contributed by atoms with Crippen LogP contribution in [0.15, 0.2) is 18.3 Å². The molecule has 2 aromatic rings. The number of aromatic nitrogens is 2. The Morgan fingerprint density at radius 1 is 1.47 bits per heavy atom. The maximum atomic E-state index is 9.30. The van der Waals surface area contributed by atoms with E-state index in [-0.39, 0.29) is 0 Å². The second kappa shape index (κ2) is 4.37. The Kier molecular flexibility index (Phi) is 3.30. The molecule has 2 N–H and O–H groups in total. The van der Waals surface area contributed by atoms with Gasteiger partial charge < -0.3 is 10.0 Å². The van der Waals surface area contributed by atoms with Crippen LogP contribution in [0.2, 0.25) is 0 Å². The van der Waals surface area contributed by atoms with Crippen molar-refractivity contribution in [1.82, 2.24) is 9.55 Å². The molecule has 0 aliphatic carbocycles. The third-order valence-electron chi connectivity index (χ3n) is 2.35. The van der Waals surface area contributed by atoms with Crippen molar-refractivity contribution in [3.05, 3.63) is 23.9 Å². The first-order valence-electron chi connectivity index (χ1n) is 4.35. The summed E-state index contributed by atoms with van der Waals surface area (Å²) in [7, 11) is -1.44. The molecule has 0 aliphatic heterocycles. The summed E-state index contributed by atoms with van der Waals surface area (Å²) in [4.78, 5) is 0.